The first-order chi connectivity index (χ1) is 15.2. The number of aryl methyl sites for hydroxylation is 1. The number of pyridine rings is 1. The Morgan fingerprint density at radius 2 is 1.91 bits per heavy atom. The molecule has 0 fully saturated rings. The number of hydrogen-bond donors (Lipinski definition) is 2. The summed E-state index contributed by atoms with van der Waals surface area (Å²) in [6.07, 6.45) is 3.45. The second-order valence-corrected chi connectivity index (χ2v) is 9.21. The average molecular weight is 473 g/mol. The molecule has 32 heavy (non-hydrogen) atoms. The first-order valence-corrected chi connectivity index (χ1v) is 11.4. The summed E-state index contributed by atoms with van der Waals surface area (Å²) in [6, 6.07) is 13.1. The molecule has 0 aliphatic rings. The van der Waals surface area contributed by atoms with Gasteiger partial charge in [-0.25, -0.2) is 17.8 Å². The van der Waals surface area contributed by atoms with E-state index in [1.807, 2.05) is 0 Å². The third-order valence-corrected chi connectivity index (χ3v) is 6.36. The van der Waals surface area contributed by atoms with Gasteiger partial charge in [-0.3, -0.25) is 9.52 Å². The van der Waals surface area contributed by atoms with Gasteiger partial charge in [-0.2, -0.15) is 0 Å². The van der Waals surface area contributed by atoms with Crippen LogP contribution in [0.3, 0.4) is 0 Å². The maximum Gasteiger partial charge on any atom is 0.262 e. The zero-order valence-corrected chi connectivity index (χ0v) is 18.4. The maximum atomic E-state index is 13.9. The molecule has 0 aliphatic heterocycles. The van der Waals surface area contributed by atoms with E-state index in [1.54, 1.807) is 35.9 Å². The van der Waals surface area contributed by atoms with Crippen molar-refractivity contribution < 1.29 is 17.6 Å². The van der Waals surface area contributed by atoms with Crippen LogP contribution in [0.15, 0.2) is 71.9 Å². The number of halogens is 2. The standard InChI is InChI=1S/C22H18ClFN4O3S/c1-14-6-8-17(32(30,31)27-20-5-3-2-4-19(20)24)10-18(14)22(29)25-11-16-13-28-12-15(23)7-9-21(28)26-16/h2-10,12-13,27H,11H2,1H3,(H,25,29). The summed E-state index contributed by atoms with van der Waals surface area (Å²) in [5.41, 5.74) is 1.90. The van der Waals surface area contributed by atoms with Crippen molar-refractivity contribution in [2.24, 2.45) is 0 Å². The Labute approximate surface area is 188 Å². The molecule has 2 N–H and O–H groups in total. The van der Waals surface area contributed by atoms with Crippen LogP contribution in [0, 0.1) is 12.7 Å². The van der Waals surface area contributed by atoms with Gasteiger partial charge in [0.15, 0.2) is 0 Å². The fourth-order valence-corrected chi connectivity index (χ4v) is 4.39. The SMILES string of the molecule is Cc1ccc(S(=O)(=O)Nc2ccccc2F)cc1C(=O)NCc1cn2cc(Cl)ccc2n1. The van der Waals surface area contributed by atoms with Gasteiger partial charge in [0, 0.05) is 18.0 Å². The van der Waals surface area contributed by atoms with Gasteiger partial charge in [0.2, 0.25) is 0 Å². The summed E-state index contributed by atoms with van der Waals surface area (Å²) >= 11 is 5.97. The first kappa shape index (κ1) is 21.8. The molecule has 7 nitrogen and oxygen atoms in total. The van der Waals surface area contributed by atoms with Crippen LogP contribution >= 0.6 is 11.6 Å². The van der Waals surface area contributed by atoms with E-state index in [4.69, 9.17) is 11.6 Å². The number of nitrogens with one attached hydrogen (secondary N) is 2. The minimum Gasteiger partial charge on any atom is -0.346 e. The van der Waals surface area contributed by atoms with Gasteiger partial charge in [-0.05, 0) is 48.9 Å². The van der Waals surface area contributed by atoms with Crippen LogP contribution in [-0.4, -0.2) is 23.7 Å². The number of fused-ring (bicyclic) bond motifs is 1. The number of imidazole rings is 1. The van der Waals surface area contributed by atoms with E-state index in [1.165, 1.54) is 36.4 Å². The molecular weight excluding hydrogens is 455 g/mol. The van der Waals surface area contributed by atoms with Gasteiger partial charge in [0.1, 0.15) is 11.5 Å². The molecule has 0 bridgehead atoms. The number of hydrogen-bond acceptors (Lipinski definition) is 4. The highest BCUT2D eigenvalue weighted by atomic mass is 35.5. The van der Waals surface area contributed by atoms with Gasteiger partial charge in [0.25, 0.3) is 15.9 Å². The third kappa shape index (κ3) is 4.58. The van der Waals surface area contributed by atoms with Crippen LogP contribution in [0.25, 0.3) is 5.65 Å². The molecule has 2 aromatic carbocycles. The smallest absolute Gasteiger partial charge is 0.262 e. The molecule has 0 spiro atoms. The fraction of sp³-hybridized carbons (Fsp3) is 0.0909. The van der Waals surface area contributed by atoms with E-state index in [2.05, 4.69) is 15.0 Å². The number of amides is 1. The highest BCUT2D eigenvalue weighted by Crippen LogP contribution is 2.21. The number of aromatic nitrogens is 2. The molecule has 4 rings (SSSR count). The molecule has 2 heterocycles. The minimum atomic E-state index is -4.10. The number of para-hydroxylation sites is 1. The number of carbonyl (C=O) groups is 1. The predicted molar refractivity (Wildman–Crippen MR) is 120 cm³/mol. The van der Waals surface area contributed by atoms with Crippen LogP contribution in [0.5, 0.6) is 0 Å². The van der Waals surface area contributed by atoms with Gasteiger partial charge in [-0.1, -0.05) is 29.8 Å². The van der Waals surface area contributed by atoms with Crippen molar-refractivity contribution >= 4 is 38.9 Å². The van der Waals surface area contributed by atoms with Crippen molar-refractivity contribution in [2.75, 3.05) is 4.72 Å². The van der Waals surface area contributed by atoms with Crippen molar-refractivity contribution in [2.45, 2.75) is 18.4 Å². The predicted octanol–water partition coefficient (Wildman–Crippen LogP) is 4.17. The molecule has 1 amide bonds. The van der Waals surface area contributed by atoms with E-state index in [0.29, 0.717) is 21.9 Å². The summed E-state index contributed by atoms with van der Waals surface area (Å²) < 4.78 is 43.2. The number of sulfonamides is 1. The highest BCUT2D eigenvalue weighted by molar-refractivity contribution is 7.92. The monoisotopic (exact) mass is 472 g/mol. The lowest BCUT2D eigenvalue weighted by Gasteiger charge is -2.12. The van der Waals surface area contributed by atoms with E-state index in [-0.39, 0.29) is 22.7 Å². The minimum absolute atomic E-state index is 0.141. The van der Waals surface area contributed by atoms with Gasteiger partial charge in [-0.15, -0.1) is 0 Å². The topological polar surface area (TPSA) is 92.6 Å². The van der Waals surface area contributed by atoms with Crippen molar-refractivity contribution in [3.63, 3.8) is 0 Å². The highest BCUT2D eigenvalue weighted by Gasteiger charge is 2.19. The largest absolute Gasteiger partial charge is 0.346 e. The van der Waals surface area contributed by atoms with Crippen LogP contribution in [0.2, 0.25) is 5.02 Å². The molecular formula is C22H18ClFN4O3S. The lowest BCUT2D eigenvalue weighted by Crippen LogP contribution is -2.24. The van der Waals surface area contributed by atoms with Crippen LogP contribution in [-0.2, 0) is 16.6 Å². The van der Waals surface area contributed by atoms with Gasteiger partial charge in [0.05, 0.1) is 27.8 Å². The van der Waals surface area contributed by atoms with Crippen molar-refractivity contribution in [1.29, 1.82) is 0 Å². The second-order valence-electron chi connectivity index (χ2n) is 7.09. The van der Waals surface area contributed by atoms with Crippen molar-refractivity contribution in [1.82, 2.24) is 14.7 Å². The van der Waals surface area contributed by atoms with Crippen LogP contribution in [0.1, 0.15) is 21.6 Å². The zero-order valence-electron chi connectivity index (χ0n) is 16.8. The molecule has 0 saturated carbocycles. The number of rotatable bonds is 6. The molecule has 2 aromatic heterocycles. The molecule has 0 aliphatic carbocycles. The normalized spacial score (nSPS) is 11.5. The average Bonchev–Trinajstić information content (AvgIpc) is 3.15. The molecule has 164 valence electrons. The molecule has 0 radical (unpaired) electrons. The Bertz CT molecular complexity index is 1440. The third-order valence-electron chi connectivity index (χ3n) is 4.78. The van der Waals surface area contributed by atoms with E-state index < -0.39 is 21.7 Å². The van der Waals surface area contributed by atoms with Crippen LogP contribution in [0.4, 0.5) is 10.1 Å². The molecule has 0 unspecified atom stereocenters. The number of carbonyl (C=O) groups excluding carboxylic acids is 1. The summed E-state index contributed by atoms with van der Waals surface area (Å²) in [6.45, 7) is 1.84. The Morgan fingerprint density at radius 1 is 1.12 bits per heavy atom. The van der Waals surface area contributed by atoms with E-state index >= 15 is 0 Å². The molecule has 4 aromatic rings. The lowest BCUT2D eigenvalue weighted by atomic mass is 10.1. The Kier molecular flexibility index (Phi) is 5.86. The molecule has 0 atom stereocenters. The lowest BCUT2D eigenvalue weighted by molar-refractivity contribution is 0.0949. The second kappa shape index (κ2) is 8.60. The first-order valence-electron chi connectivity index (χ1n) is 9.52. The number of benzene rings is 2. The summed E-state index contributed by atoms with van der Waals surface area (Å²) in [5.74, 6) is -1.16. The number of nitrogens with zero attached hydrogens (tertiary/aromatic N) is 2. The van der Waals surface area contributed by atoms with Crippen LogP contribution < -0.4 is 10.0 Å². The van der Waals surface area contributed by atoms with E-state index in [0.717, 1.165) is 6.07 Å². The Hall–Kier alpha value is -3.43. The quantitative estimate of drug-likeness (QED) is 0.440. The van der Waals surface area contributed by atoms with Crippen molar-refractivity contribution in [3.8, 4) is 0 Å². The summed E-state index contributed by atoms with van der Waals surface area (Å²) in [7, 11) is -4.10. The summed E-state index contributed by atoms with van der Waals surface area (Å²) in [5, 5.41) is 3.30. The summed E-state index contributed by atoms with van der Waals surface area (Å²) in [4.78, 5) is 17.0. The fourth-order valence-electron chi connectivity index (χ4n) is 3.13. The molecule has 10 heteroatoms. The molecule has 0 saturated heterocycles. The van der Waals surface area contributed by atoms with Gasteiger partial charge >= 0.3 is 0 Å². The Morgan fingerprint density at radius 3 is 2.69 bits per heavy atom. The van der Waals surface area contributed by atoms with Crippen molar-refractivity contribution in [3.05, 3.63) is 94.7 Å². The zero-order chi connectivity index (χ0) is 22.9. The van der Waals surface area contributed by atoms with Gasteiger partial charge < -0.3 is 9.72 Å². The number of anilines is 1. The maximum absolute atomic E-state index is 13.9. The van der Waals surface area contributed by atoms with E-state index in [9.17, 15) is 17.6 Å². The Balaban J connectivity index is 1.53.